The van der Waals surface area contributed by atoms with Crippen LogP contribution in [0.5, 0.6) is 0 Å². The zero-order valence-electron chi connectivity index (χ0n) is 8.68. The van der Waals surface area contributed by atoms with Crippen molar-refractivity contribution in [3.63, 3.8) is 0 Å². The Hall–Kier alpha value is -0.530. The van der Waals surface area contributed by atoms with Gasteiger partial charge in [-0.05, 0) is 18.3 Å². The molecule has 0 bridgehead atoms. The number of carbonyl (C=O) groups is 1. The van der Waals surface area contributed by atoms with Crippen LogP contribution < -0.4 is 5.32 Å². The molecule has 0 aromatic heterocycles. The molecule has 0 aliphatic carbocycles. The molecule has 0 saturated carbocycles. The number of nitrogens with one attached hydrogen (secondary N) is 1. The molecule has 12 heavy (non-hydrogen) atoms. The van der Waals surface area contributed by atoms with E-state index in [9.17, 15) is 4.79 Å². The average Bonchev–Trinajstić information content (AvgIpc) is 1.84. The van der Waals surface area contributed by atoms with Crippen molar-refractivity contribution in [2.45, 2.75) is 40.5 Å². The van der Waals surface area contributed by atoms with Crippen LogP contribution in [0, 0.1) is 11.8 Å². The van der Waals surface area contributed by atoms with Gasteiger partial charge < -0.3 is 5.32 Å². The smallest absolute Gasteiger partial charge is 0.220 e. The molecule has 0 radical (unpaired) electrons. The molecule has 72 valence electrons. The minimum Gasteiger partial charge on any atom is -0.356 e. The van der Waals surface area contributed by atoms with E-state index in [4.69, 9.17) is 0 Å². The second-order valence-corrected chi connectivity index (χ2v) is 4.13. The lowest BCUT2D eigenvalue weighted by Gasteiger charge is -2.08. The third kappa shape index (κ3) is 7.58. The topological polar surface area (TPSA) is 29.1 Å². The van der Waals surface area contributed by atoms with Gasteiger partial charge in [0.2, 0.25) is 5.91 Å². The first-order valence-electron chi connectivity index (χ1n) is 4.79. The molecule has 0 rings (SSSR count). The van der Waals surface area contributed by atoms with E-state index >= 15 is 0 Å². The van der Waals surface area contributed by atoms with Gasteiger partial charge in [-0.25, -0.2) is 0 Å². The second kappa shape index (κ2) is 6.04. The molecule has 2 heteroatoms. The predicted molar refractivity (Wildman–Crippen MR) is 51.9 cm³/mol. The van der Waals surface area contributed by atoms with Crippen molar-refractivity contribution in [3.05, 3.63) is 0 Å². The van der Waals surface area contributed by atoms with E-state index < -0.39 is 0 Å². The monoisotopic (exact) mass is 171 g/mol. The summed E-state index contributed by atoms with van der Waals surface area (Å²) in [6, 6.07) is 0. The summed E-state index contributed by atoms with van der Waals surface area (Å²) in [5.74, 6) is 1.32. The second-order valence-electron chi connectivity index (χ2n) is 4.13. The molecule has 0 fully saturated rings. The number of carbonyl (C=O) groups excluding carboxylic acids is 1. The Morgan fingerprint density at radius 3 is 2.17 bits per heavy atom. The van der Waals surface area contributed by atoms with E-state index in [1.54, 1.807) is 0 Å². The number of rotatable bonds is 5. The summed E-state index contributed by atoms with van der Waals surface area (Å²) in [4.78, 5) is 11.1. The number of hydrogen-bond acceptors (Lipinski definition) is 1. The summed E-state index contributed by atoms with van der Waals surface area (Å²) in [7, 11) is 0. The maximum absolute atomic E-state index is 11.1. The maximum Gasteiger partial charge on any atom is 0.220 e. The Morgan fingerprint density at radius 2 is 1.75 bits per heavy atom. The molecule has 0 aliphatic heterocycles. The lowest BCUT2D eigenvalue weighted by atomic mass is 10.1. The molecular weight excluding hydrogens is 150 g/mol. The van der Waals surface area contributed by atoms with Crippen LogP contribution in [0.1, 0.15) is 40.5 Å². The van der Waals surface area contributed by atoms with Gasteiger partial charge in [-0.15, -0.1) is 0 Å². The van der Waals surface area contributed by atoms with E-state index in [0.717, 1.165) is 13.0 Å². The first kappa shape index (κ1) is 11.5. The number of amides is 1. The molecule has 0 atom stereocenters. The largest absolute Gasteiger partial charge is 0.356 e. The molecule has 0 spiro atoms. The maximum atomic E-state index is 11.1. The normalized spacial score (nSPS) is 10.8. The zero-order chi connectivity index (χ0) is 9.56. The van der Waals surface area contributed by atoms with Gasteiger partial charge in [-0.1, -0.05) is 27.7 Å². The molecule has 0 aromatic rings. The lowest BCUT2D eigenvalue weighted by molar-refractivity contribution is -0.121. The SMILES string of the molecule is CC(C)CCNC(=O)CC(C)C. The molecule has 0 heterocycles. The first-order valence-corrected chi connectivity index (χ1v) is 4.79. The predicted octanol–water partition coefficient (Wildman–Crippen LogP) is 2.19. The van der Waals surface area contributed by atoms with E-state index in [1.807, 2.05) is 0 Å². The summed E-state index contributed by atoms with van der Waals surface area (Å²) in [5.41, 5.74) is 0. The molecule has 2 nitrogen and oxygen atoms in total. The van der Waals surface area contributed by atoms with Crippen molar-refractivity contribution in [2.75, 3.05) is 6.54 Å². The van der Waals surface area contributed by atoms with Crippen LogP contribution in [0.2, 0.25) is 0 Å². The average molecular weight is 171 g/mol. The molecule has 0 saturated heterocycles. The highest BCUT2D eigenvalue weighted by Gasteiger charge is 2.03. The highest BCUT2D eigenvalue weighted by molar-refractivity contribution is 5.75. The Balaban J connectivity index is 3.32. The summed E-state index contributed by atoms with van der Waals surface area (Å²) < 4.78 is 0. The summed E-state index contributed by atoms with van der Waals surface area (Å²) >= 11 is 0. The fourth-order valence-corrected chi connectivity index (χ4v) is 0.943. The Morgan fingerprint density at radius 1 is 1.17 bits per heavy atom. The van der Waals surface area contributed by atoms with Crippen molar-refractivity contribution in [1.82, 2.24) is 5.32 Å². The summed E-state index contributed by atoms with van der Waals surface area (Å²) in [6.07, 6.45) is 1.72. The fraction of sp³-hybridized carbons (Fsp3) is 0.900. The third-order valence-corrected chi connectivity index (χ3v) is 1.64. The van der Waals surface area contributed by atoms with E-state index in [-0.39, 0.29) is 5.91 Å². The Bertz CT molecular complexity index is 130. The summed E-state index contributed by atoms with van der Waals surface area (Å²) in [5, 5.41) is 2.91. The van der Waals surface area contributed by atoms with Crippen LogP contribution in [0.15, 0.2) is 0 Å². The van der Waals surface area contributed by atoms with Crippen molar-refractivity contribution in [1.29, 1.82) is 0 Å². The van der Waals surface area contributed by atoms with Gasteiger partial charge in [0.25, 0.3) is 0 Å². The Kier molecular flexibility index (Phi) is 5.77. The number of hydrogen-bond donors (Lipinski definition) is 1. The quantitative estimate of drug-likeness (QED) is 0.675. The zero-order valence-corrected chi connectivity index (χ0v) is 8.68. The molecule has 0 aliphatic rings. The third-order valence-electron chi connectivity index (χ3n) is 1.64. The van der Waals surface area contributed by atoms with Crippen LogP contribution >= 0.6 is 0 Å². The van der Waals surface area contributed by atoms with Crippen molar-refractivity contribution in [3.8, 4) is 0 Å². The fourth-order valence-electron chi connectivity index (χ4n) is 0.943. The van der Waals surface area contributed by atoms with Crippen LogP contribution in [0.3, 0.4) is 0 Å². The van der Waals surface area contributed by atoms with Gasteiger partial charge in [0.05, 0.1) is 0 Å². The summed E-state index contributed by atoms with van der Waals surface area (Å²) in [6.45, 7) is 9.26. The highest BCUT2D eigenvalue weighted by atomic mass is 16.1. The molecule has 0 unspecified atom stereocenters. The van der Waals surface area contributed by atoms with Crippen molar-refractivity contribution < 1.29 is 4.79 Å². The van der Waals surface area contributed by atoms with E-state index in [0.29, 0.717) is 18.3 Å². The molecule has 1 amide bonds. The van der Waals surface area contributed by atoms with E-state index in [1.165, 1.54) is 0 Å². The van der Waals surface area contributed by atoms with Crippen LogP contribution in [-0.2, 0) is 4.79 Å². The van der Waals surface area contributed by atoms with Crippen LogP contribution in [-0.4, -0.2) is 12.5 Å². The van der Waals surface area contributed by atoms with Gasteiger partial charge in [-0.2, -0.15) is 0 Å². The minimum atomic E-state index is 0.186. The molecule has 0 aromatic carbocycles. The van der Waals surface area contributed by atoms with Gasteiger partial charge >= 0.3 is 0 Å². The standard InChI is InChI=1S/C10H21NO/c1-8(2)5-6-11-10(12)7-9(3)4/h8-9H,5-7H2,1-4H3,(H,11,12). The highest BCUT2D eigenvalue weighted by Crippen LogP contribution is 1.99. The first-order chi connectivity index (χ1) is 5.52. The van der Waals surface area contributed by atoms with Crippen LogP contribution in [0.4, 0.5) is 0 Å². The van der Waals surface area contributed by atoms with Gasteiger partial charge in [0, 0.05) is 13.0 Å². The van der Waals surface area contributed by atoms with Gasteiger partial charge in [0.1, 0.15) is 0 Å². The Labute approximate surface area is 75.7 Å². The van der Waals surface area contributed by atoms with Crippen molar-refractivity contribution in [2.24, 2.45) is 11.8 Å². The van der Waals surface area contributed by atoms with E-state index in [2.05, 4.69) is 33.0 Å². The minimum absolute atomic E-state index is 0.186. The van der Waals surface area contributed by atoms with Crippen LogP contribution in [0.25, 0.3) is 0 Å². The van der Waals surface area contributed by atoms with Crippen molar-refractivity contribution >= 4 is 5.91 Å². The lowest BCUT2D eigenvalue weighted by Crippen LogP contribution is -2.26. The molecular formula is C10H21NO. The van der Waals surface area contributed by atoms with Gasteiger partial charge in [0.15, 0.2) is 0 Å². The van der Waals surface area contributed by atoms with Gasteiger partial charge in [-0.3, -0.25) is 4.79 Å². The molecule has 1 N–H and O–H groups in total.